The molecule has 1 aromatic heterocycles. The fourth-order valence-electron chi connectivity index (χ4n) is 2.83. The quantitative estimate of drug-likeness (QED) is 0.639. The van der Waals surface area contributed by atoms with Crippen LogP contribution in [0.1, 0.15) is 68.9 Å². The second-order valence-corrected chi connectivity index (χ2v) is 5.69. The number of aromatic nitrogens is 2. The van der Waals surface area contributed by atoms with Crippen molar-refractivity contribution in [1.82, 2.24) is 9.97 Å². The van der Waals surface area contributed by atoms with E-state index in [1.807, 2.05) is 12.4 Å². The Morgan fingerprint density at radius 2 is 1.45 bits per heavy atom. The van der Waals surface area contributed by atoms with Gasteiger partial charge < -0.3 is 5.48 Å². The van der Waals surface area contributed by atoms with Crippen LogP contribution in [0, 0.1) is 0 Å². The molecule has 22 heavy (non-hydrogen) atoms. The van der Waals surface area contributed by atoms with Gasteiger partial charge in [-0.05, 0) is 17.5 Å². The van der Waals surface area contributed by atoms with Crippen LogP contribution in [0.4, 0.5) is 0 Å². The van der Waals surface area contributed by atoms with Crippen LogP contribution in [0.2, 0.25) is 0 Å². The van der Waals surface area contributed by atoms with E-state index in [9.17, 15) is 0 Å². The van der Waals surface area contributed by atoms with E-state index in [1.54, 1.807) is 6.33 Å². The van der Waals surface area contributed by atoms with Gasteiger partial charge in [0.25, 0.3) is 0 Å². The Hall–Kier alpha value is -1.74. The highest BCUT2D eigenvalue weighted by molar-refractivity contribution is 5.29. The van der Waals surface area contributed by atoms with Crippen LogP contribution in [0.5, 0.6) is 0 Å². The van der Waals surface area contributed by atoms with E-state index >= 15 is 0 Å². The van der Waals surface area contributed by atoms with E-state index in [2.05, 4.69) is 47.2 Å². The first-order valence-corrected chi connectivity index (χ1v) is 8.21. The fraction of sp³-hybridized carbons (Fsp3) is 0.474. The summed E-state index contributed by atoms with van der Waals surface area (Å²) in [6.07, 6.45) is 14.7. The molecule has 0 aliphatic rings. The average Bonchev–Trinajstić information content (AvgIpc) is 2.56. The van der Waals surface area contributed by atoms with Gasteiger partial charge in [-0.15, -0.1) is 0 Å². The molecular weight excluding hydrogens is 272 g/mol. The summed E-state index contributed by atoms with van der Waals surface area (Å²) < 4.78 is 0. The summed E-state index contributed by atoms with van der Waals surface area (Å²) in [6.45, 7) is 2.26. The van der Waals surface area contributed by atoms with Crippen molar-refractivity contribution in [3.8, 4) is 0 Å². The van der Waals surface area contributed by atoms with Crippen molar-refractivity contribution in [2.45, 2.75) is 57.8 Å². The van der Waals surface area contributed by atoms with Gasteiger partial charge in [0.2, 0.25) is 0 Å². The van der Waals surface area contributed by atoms with Gasteiger partial charge in [0, 0.05) is 18.3 Å². The number of benzene rings is 1. The Labute approximate surface area is 134 Å². The van der Waals surface area contributed by atoms with Gasteiger partial charge in [0.05, 0.1) is 0 Å². The molecule has 1 atom stereocenters. The molecule has 0 fully saturated rings. The highest BCUT2D eigenvalue weighted by Gasteiger charge is 2.14. The molecule has 0 amide bonds. The molecule has 1 heterocycles. The minimum Gasteiger partial charge on any atom is -0.412 e. The molecule has 3 nitrogen and oxygen atoms in total. The lowest BCUT2D eigenvalue weighted by Gasteiger charge is -2.17. The summed E-state index contributed by atoms with van der Waals surface area (Å²) >= 11 is 0. The molecule has 0 aliphatic carbocycles. The van der Waals surface area contributed by atoms with Crippen molar-refractivity contribution >= 4 is 0 Å². The third-order valence-corrected chi connectivity index (χ3v) is 4.03. The maximum atomic E-state index is 4.19. The number of unbranched alkanes of at least 4 members (excludes halogenated alkanes) is 5. The highest BCUT2D eigenvalue weighted by Crippen LogP contribution is 2.29. The van der Waals surface area contributed by atoms with Crippen molar-refractivity contribution in [2.24, 2.45) is 0 Å². The first kappa shape index (κ1) is 18.3. The van der Waals surface area contributed by atoms with E-state index in [0.29, 0.717) is 5.92 Å². The Bertz CT molecular complexity index is 448. The Kier molecular flexibility index (Phi) is 9.08. The minimum atomic E-state index is 0. The monoisotopic (exact) mass is 300 g/mol. The Morgan fingerprint density at radius 3 is 2.14 bits per heavy atom. The molecule has 0 saturated heterocycles. The van der Waals surface area contributed by atoms with Crippen LogP contribution in [0.15, 0.2) is 49.1 Å². The molecule has 0 saturated carbocycles. The number of hydrogen-bond acceptors (Lipinski definition) is 2. The van der Waals surface area contributed by atoms with E-state index in [1.165, 1.54) is 56.1 Å². The van der Waals surface area contributed by atoms with Gasteiger partial charge in [0.1, 0.15) is 6.33 Å². The van der Waals surface area contributed by atoms with Gasteiger partial charge in [-0.3, -0.25) is 0 Å². The van der Waals surface area contributed by atoms with E-state index in [-0.39, 0.29) is 5.48 Å². The van der Waals surface area contributed by atoms with Crippen LogP contribution in [-0.2, 0) is 0 Å². The second-order valence-electron chi connectivity index (χ2n) is 5.69. The number of rotatable bonds is 9. The molecule has 1 aromatic carbocycles. The second kappa shape index (κ2) is 10.9. The topological polar surface area (TPSA) is 57.3 Å². The third kappa shape index (κ3) is 5.94. The van der Waals surface area contributed by atoms with Crippen LogP contribution in [0.3, 0.4) is 0 Å². The van der Waals surface area contributed by atoms with E-state index in [4.69, 9.17) is 0 Å². The van der Waals surface area contributed by atoms with Crippen molar-refractivity contribution in [1.29, 1.82) is 0 Å². The molecule has 120 valence electrons. The zero-order valence-corrected chi connectivity index (χ0v) is 13.5. The summed E-state index contributed by atoms with van der Waals surface area (Å²) in [6, 6.07) is 10.7. The summed E-state index contributed by atoms with van der Waals surface area (Å²) in [7, 11) is 0. The summed E-state index contributed by atoms with van der Waals surface area (Å²) in [4.78, 5) is 8.38. The lowest BCUT2D eigenvalue weighted by molar-refractivity contribution is 0.567. The van der Waals surface area contributed by atoms with Crippen LogP contribution in [-0.4, -0.2) is 15.4 Å². The van der Waals surface area contributed by atoms with E-state index < -0.39 is 0 Å². The van der Waals surface area contributed by atoms with E-state index in [0.717, 1.165) is 0 Å². The molecule has 3 heteroatoms. The molecule has 1 unspecified atom stereocenters. The van der Waals surface area contributed by atoms with Crippen molar-refractivity contribution < 1.29 is 5.48 Å². The largest absolute Gasteiger partial charge is 0.412 e. The van der Waals surface area contributed by atoms with Crippen molar-refractivity contribution in [3.63, 3.8) is 0 Å². The first-order chi connectivity index (χ1) is 10.4. The summed E-state index contributed by atoms with van der Waals surface area (Å²) in [5.74, 6) is 0.429. The smallest absolute Gasteiger partial charge is 0.115 e. The van der Waals surface area contributed by atoms with Gasteiger partial charge in [-0.2, -0.15) is 0 Å². The zero-order chi connectivity index (χ0) is 14.8. The fourth-order valence-corrected chi connectivity index (χ4v) is 2.83. The zero-order valence-electron chi connectivity index (χ0n) is 13.5. The Morgan fingerprint density at radius 1 is 0.818 bits per heavy atom. The highest BCUT2D eigenvalue weighted by atomic mass is 16.0. The lowest BCUT2D eigenvalue weighted by atomic mass is 9.88. The third-order valence-electron chi connectivity index (χ3n) is 4.03. The maximum absolute atomic E-state index is 4.19. The molecule has 0 spiro atoms. The van der Waals surface area contributed by atoms with Crippen LogP contribution < -0.4 is 0 Å². The van der Waals surface area contributed by atoms with Gasteiger partial charge >= 0.3 is 0 Å². The van der Waals surface area contributed by atoms with Gasteiger partial charge in [0.15, 0.2) is 0 Å². The molecular formula is C19H28N2O. The predicted molar refractivity (Wildman–Crippen MR) is 91.9 cm³/mol. The minimum absolute atomic E-state index is 0. The maximum Gasteiger partial charge on any atom is 0.115 e. The molecule has 2 N–H and O–H groups in total. The number of nitrogens with zero attached hydrogens (tertiary/aromatic N) is 2. The SMILES string of the molecule is CCCCCCCCC(c1ccccc1)c1cncnc1.O. The molecule has 2 aromatic rings. The van der Waals surface area contributed by atoms with Crippen molar-refractivity contribution in [3.05, 3.63) is 60.2 Å². The predicted octanol–water partition coefficient (Wildman–Crippen LogP) is 4.53. The van der Waals surface area contributed by atoms with Crippen molar-refractivity contribution in [2.75, 3.05) is 0 Å². The molecule has 0 radical (unpaired) electrons. The average molecular weight is 300 g/mol. The lowest BCUT2D eigenvalue weighted by Crippen LogP contribution is -2.02. The number of hydrogen-bond donors (Lipinski definition) is 0. The van der Waals surface area contributed by atoms with Gasteiger partial charge in [-0.1, -0.05) is 75.8 Å². The summed E-state index contributed by atoms with van der Waals surface area (Å²) in [5.41, 5.74) is 2.61. The normalized spacial score (nSPS) is 11.7. The van der Waals surface area contributed by atoms with Gasteiger partial charge in [-0.25, -0.2) is 9.97 Å². The van der Waals surface area contributed by atoms with Crippen LogP contribution in [0.25, 0.3) is 0 Å². The molecule has 2 rings (SSSR count). The standard InChI is InChI=1S/C19H26N2.H2O/c1-2-3-4-5-6-10-13-19(17-11-8-7-9-12-17)18-14-20-16-21-15-18;/h7-9,11-12,14-16,19H,2-6,10,13H2,1H3;1H2. The Balaban J connectivity index is 0.00000242. The first-order valence-electron chi connectivity index (χ1n) is 8.21. The summed E-state index contributed by atoms with van der Waals surface area (Å²) in [5, 5.41) is 0. The molecule has 0 bridgehead atoms. The van der Waals surface area contributed by atoms with Crippen LogP contribution >= 0.6 is 0 Å². The molecule has 0 aliphatic heterocycles.